The first-order valence-corrected chi connectivity index (χ1v) is 13.4. The number of halogens is 4. The average molecular weight is 600 g/mol. The van der Waals surface area contributed by atoms with Crippen LogP contribution in [0.3, 0.4) is 0 Å². The molecule has 2 N–H and O–H groups in total. The van der Waals surface area contributed by atoms with Gasteiger partial charge in [0.25, 0.3) is 15.9 Å². The maximum atomic E-state index is 15.0. The second-order valence-electron chi connectivity index (χ2n) is 8.50. The lowest BCUT2D eigenvalue weighted by molar-refractivity contribution is 0.0439. The van der Waals surface area contributed by atoms with E-state index in [1.54, 1.807) is 12.1 Å². The summed E-state index contributed by atoms with van der Waals surface area (Å²) in [6.07, 6.45) is 0.222. The van der Waals surface area contributed by atoms with Gasteiger partial charge in [0.05, 0.1) is 22.9 Å². The highest BCUT2D eigenvalue weighted by Gasteiger charge is 2.31. The van der Waals surface area contributed by atoms with Crippen molar-refractivity contribution in [3.05, 3.63) is 74.7 Å². The summed E-state index contributed by atoms with van der Waals surface area (Å²) in [5.41, 5.74) is 0.201. The van der Waals surface area contributed by atoms with Crippen molar-refractivity contribution in [3.8, 4) is 16.9 Å². The SMILES string of the molecule is O=C1c2cc(Br)c(O)c(c2)S(=O)(=O)Nc2cc(c(F)cc2F)-c2cc(Cl)ccc2CO[C@@H]2CCN1C2. The summed E-state index contributed by atoms with van der Waals surface area (Å²) in [5, 5.41) is 10.8. The van der Waals surface area contributed by atoms with Crippen molar-refractivity contribution in [2.45, 2.75) is 24.0 Å². The van der Waals surface area contributed by atoms with E-state index in [0.717, 1.165) is 12.1 Å². The first-order chi connectivity index (χ1) is 17.0. The molecule has 1 saturated heterocycles. The Morgan fingerprint density at radius 1 is 1.11 bits per heavy atom. The Hall–Kier alpha value is -2.73. The Labute approximate surface area is 218 Å². The average Bonchev–Trinajstić information content (AvgIpc) is 3.29. The van der Waals surface area contributed by atoms with Crippen LogP contribution in [0.1, 0.15) is 22.3 Å². The third-order valence-corrected chi connectivity index (χ3v) is 8.35. The van der Waals surface area contributed by atoms with E-state index < -0.39 is 43.9 Å². The van der Waals surface area contributed by atoms with Gasteiger partial charge >= 0.3 is 0 Å². The van der Waals surface area contributed by atoms with E-state index in [4.69, 9.17) is 16.3 Å². The van der Waals surface area contributed by atoms with Crippen LogP contribution in [0, 0.1) is 11.6 Å². The minimum absolute atomic E-state index is 0.00745. The molecule has 2 aliphatic heterocycles. The summed E-state index contributed by atoms with van der Waals surface area (Å²) >= 11 is 9.24. The summed E-state index contributed by atoms with van der Waals surface area (Å²) in [5.74, 6) is -3.21. The van der Waals surface area contributed by atoms with E-state index in [1.165, 1.54) is 17.0 Å². The highest BCUT2D eigenvalue weighted by Crippen LogP contribution is 2.37. The summed E-state index contributed by atoms with van der Waals surface area (Å²) < 4.78 is 64.2. The standard InChI is InChI=1S/C24H18BrClF2N2O5S/c25-18-5-13-6-22(23(18)31)36(33,34)29-21-8-17(19(27)9-20(21)28)16-7-14(26)2-1-12(16)11-35-15-3-4-30(10-15)24(13)32/h1-2,5-9,15,29,31H,3-4,10-11H2/t15-/m1/s1. The largest absolute Gasteiger partial charge is 0.505 e. The summed E-state index contributed by atoms with van der Waals surface area (Å²) in [7, 11) is -4.61. The predicted octanol–water partition coefficient (Wildman–Crippen LogP) is 5.30. The molecule has 1 fully saturated rings. The zero-order valence-corrected chi connectivity index (χ0v) is 21.6. The van der Waals surface area contributed by atoms with Gasteiger partial charge in [0.1, 0.15) is 22.3 Å². The number of ether oxygens (including phenoxy) is 1. The minimum Gasteiger partial charge on any atom is -0.505 e. The zero-order valence-electron chi connectivity index (χ0n) is 18.4. The second kappa shape index (κ2) is 9.29. The number of benzene rings is 3. The van der Waals surface area contributed by atoms with Gasteiger partial charge in [0, 0.05) is 35.3 Å². The minimum atomic E-state index is -4.61. The maximum absolute atomic E-state index is 15.0. The molecule has 0 saturated carbocycles. The molecule has 3 aromatic carbocycles. The van der Waals surface area contributed by atoms with Gasteiger partial charge in [0.2, 0.25) is 0 Å². The van der Waals surface area contributed by atoms with Crippen molar-refractivity contribution in [3.63, 3.8) is 0 Å². The van der Waals surface area contributed by atoms with Crippen molar-refractivity contribution >= 4 is 49.1 Å². The molecule has 2 heterocycles. The Kier molecular flexibility index (Phi) is 6.44. The zero-order chi connectivity index (χ0) is 25.8. The Morgan fingerprint density at radius 2 is 1.89 bits per heavy atom. The number of aromatic hydroxyl groups is 1. The van der Waals surface area contributed by atoms with E-state index >= 15 is 0 Å². The Balaban J connectivity index is 1.72. The van der Waals surface area contributed by atoms with Crippen LogP contribution in [-0.2, 0) is 21.4 Å². The third kappa shape index (κ3) is 4.56. The molecular weight excluding hydrogens is 582 g/mol. The number of fused-ring (bicyclic) bond motifs is 8. The third-order valence-electron chi connectivity index (χ3n) is 6.13. The lowest BCUT2D eigenvalue weighted by Gasteiger charge is -2.20. The highest BCUT2D eigenvalue weighted by molar-refractivity contribution is 9.10. The van der Waals surface area contributed by atoms with E-state index in [9.17, 15) is 27.1 Å². The van der Waals surface area contributed by atoms with E-state index in [1.807, 2.05) is 0 Å². The number of hydrogen-bond acceptors (Lipinski definition) is 5. The molecular formula is C24H18BrClF2N2O5S. The maximum Gasteiger partial charge on any atom is 0.265 e. The summed E-state index contributed by atoms with van der Waals surface area (Å²) in [6.45, 7) is 0.693. The fourth-order valence-corrected chi connectivity index (χ4v) is 6.27. The van der Waals surface area contributed by atoms with Crippen molar-refractivity contribution in [1.82, 2.24) is 4.90 Å². The summed E-state index contributed by atoms with van der Waals surface area (Å²) in [4.78, 5) is 14.0. The van der Waals surface area contributed by atoms with Gasteiger partial charge in [-0.05, 0) is 63.8 Å². The van der Waals surface area contributed by atoms with Crippen LogP contribution in [0.4, 0.5) is 14.5 Å². The molecule has 3 aromatic rings. The molecule has 2 aliphatic rings. The van der Waals surface area contributed by atoms with Gasteiger partial charge in [-0.15, -0.1) is 0 Å². The van der Waals surface area contributed by atoms with Gasteiger partial charge < -0.3 is 14.7 Å². The number of phenols is 1. The molecule has 6 bridgehead atoms. The van der Waals surface area contributed by atoms with Gasteiger partial charge in [-0.3, -0.25) is 9.52 Å². The summed E-state index contributed by atoms with van der Waals surface area (Å²) in [6, 6.07) is 8.63. The Bertz CT molecular complexity index is 1520. The molecule has 1 amide bonds. The number of nitrogens with one attached hydrogen (secondary N) is 1. The van der Waals surface area contributed by atoms with Crippen molar-refractivity contribution in [2.75, 3.05) is 17.8 Å². The quantitative estimate of drug-likeness (QED) is 0.366. The second-order valence-corrected chi connectivity index (χ2v) is 11.4. The first kappa shape index (κ1) is 24.9. The van der Waals surface area contributed by atoms with Gasteiger partial charge in [0.15, 0.2) is 0 Å². The van der Waals surface area contributed by atoms with Crippen LogP contribution < -0.4 is 4.72 Å². The number of rotatable bonds is 0. The fourth-order valence-electron chi connectivity index (χ4n) is 4.30. The molecule has 0 unspecified atom stereocenters. The number of sulfonamides is 1. The topological polar surface area (TPSA) is 95.9 Å². The fraction of sp³-hybridized carbons (Fsp3) is 0.208. The van der Waals surface area contributed by atoms with Crippen molar-refractivity contribution in [1.29, 1.82) is 0 Å². The number of phenolic OH excluding ortho intramolecular Hbond substituents is 1. The lowest BCUT2D eigenvalue weighted by Crippen LogP contribution is -2.30. The molecule has 0 spiro atoms. The molecule has 36 heavy (non-hydrogen) atoms. The van der Waals surface area contributed by atoms with Crippen LogP contribution in [0.25, 0.3) is 11.1 Å². The number of carbonyl (C=O) groups is 1. The van der Waals surface area contributed by atoms with Crippen molar-refractivity contribution < 1.29 is 31.8 Å². The van der Waals surface area contributed by atoms with E-state index in [2.05, 4.69) is 20.7 Å². The van der Waals surface area contributed by atoms with Crippen molar-refractivity contribution in [2.24, 2.45) is 0 Å². The van der Waals surface area contributed by atoms with Gasteiger partial charge in [-0.25, -0.2) is 17.2 Å². The van der Waals surface area contributed by atoms with Crippen LogP contribution in [0.5, 0.6) is 5.75 Å². The number of hydrogen-bond donors (Lipinski definition) is 2. The van der Waals surface area contributed by atoms with Crippen LogP contribution in [0.15, 0.2) is 51.8 Å². The molecule has 7 nitrogen and oxygen atoms in total. The van der Waals surface area contributed by atoms with E-state index in [0.29, 0.717) is 35.2 Å². The van der Waals surface area contributed by atoms with Crippen LogP contribution in [-0.4, -0.2) is 43.5 Å². The number of nitrogens with zero attached hydrogens (tertiary/aromatic N) is 1. The predicted molar refractivity (Wildman–Crippen MR) is 133 cm³/mol. The van der Waals surface area contributed by atoms with Gasteiger partial charge in [-0.1, -0.05) is 17.7 Å². The molecule has 1 atom stereocenters. The number of anilines is 1. The molecule has 12 heteroatoms. The molecule has 0 aliphatic carbocycles. The normalized spacial score (nSPS) is 19.1. The van der Waals surface area contributed by atoms with Gasteiger partial charge in [-0.2, -0.15) is 0 Å². The van der Waals surface area contributed by atoms with E-state index in [-0.39, 0.29) is 34.9 Å². The lowest BCUT2D eigenvalue weighted by atomic mass is 9.99. The van der Waals surface area contributed by atoms with Crippen LogP contribution in [0.2, 0.25) is 5.02 Å². The smallest absolute Gasteiger partial charge is 0.265 e. The number of amides is 1. The monoisotopic (exact) mass is 598 g/mol. The Morgan fingerprint density at radius 3 is 2.67 bits per heavy atom. The first-order valence-electron chi connectivity index (χ1n) is 10.8. The van der Waals surface area contributed by atoms with Crippen LogP contribution >= 0.6 is 27.5 Å². The molecule has 0 aromatic heterocycles. The molecule has 5 rings (SSSR count). The number of carbonyl (C=O) groups excluding carboxylic acids is 1. The molecule has 188 valence electrons. The highest BCUT2D eigenvalue weighted by atomic mass is 79.9. The molecule has 0 radical (unpaired) electrons.